The summed E-state index contributed by atoms with van der Waals surface area (Å²) in [6, 6.07) is 10.8. The molecule has 0 aliphatic heterocycles. The lowest BCUT2D eigenvalue weighted by molar-refractivity contribution is -0.136. The van der Waals surface area contributed by atoms with Gasteiger partial charge in [0, 0.05) is 0 Å². The van der Waals surface area contributed by atoms with Gasteiger partial charge in [0.25, 0.3) is 0 Å². The summed E-state index contributed by atoms with van der Waals surface area (Å²) in [6.45, 7) is 3.73. The van der Waals surface area contributed by atoms with Crippen LogP contribution >= 0.6 is 0 Å². The molecule has 0 aromatic heterocycles. The van der Waals surface area contributed by atoms with Gasteiger partial charge >= 0.3 is 5.97 Å². The molecule has 0 saturated carbocycles. The third-order valence-electron chi connectivity index (χ3n) is 3.50. The van der Waals surface area contributed by atoms with Crippen molar-refractivity contribution in [2.24, 2.45) is 0 Å². The zero-order valence-corrected chi connectivity index (χ0v) is 13.7. The average Bonchev–Trinajstić information content (AvgIpc) is 2.56. The molecular formula is C18H20O5. The van der Waals surface area contributed by atoms with Crippen molar-refractivity contribution in [2.45, 2.75) is 13.8 Å². The van der Waals surface area contributed by atoms with Crippen molar-refractivity contribution in [2.75, 3.05) is 20.8 Å². The highest BCUT2D eigenvalue weighted by Crippen LogP contribution is 2.36. The largest absolute Gasteiger partial charge is 0.493 e. The van der Waals surface area contributed by atoms with Gasteiger partial charge in [-0.1, -0.05) is 18.2 Å². The van der Waals surface area contributed by atoms with Crippen LogP contribution in [0.5, 0.6) is 23.0 Å². The minimum Gasteiger partial charge on any atom is -0.493 e. The van der Waals surface area contributed by atoms with Crippen molar-refractivity contribution >= 4 is 5.97 Å². The molecule has 2 rings (SSSR count). The summed E-state index contributed by atoms with van der Waals surface area (Å²) < 4.78 is 21.3. The zero-order valence-electron chi connectivity index (χ0n) is 13.7. The molecule has 0 radical (unpaired) electrons. The van der Waals surface area contributed by atoms with Gasteiger partial charge in [-0.15, -0.1) is 0 Å². The number of hydrogen-bond donors (Lipinski definition) is 0. The van der Waals surface area contributed by atoms with Crippen molar-refractivity contribution in [3.8, 4) is 23.0 Å². The Kier molecular flexibility index (Phi) is 5.46. The van der Waals surface area contributed by atoms with E-state index < -0.39 is 5.97 Å². The normalized spacial score (nSPS) is 10.1. The van der Waals surface area contributed by atoms with Crippen molar-refractivity contribution in [3.63, 3.8) is 0 Å². The minimum absolute atomic E-state index is 0.203. The lowest BCUT2D eigenvalue weighted by Gasteiger charge is -2.14. The summed E-state index contributed by atoms with van der Waals surface area (Å²) in [5.41, 5.74) is 2.09. The maximum absolute atomic E-state index is 12.1. The van der Waals surface area contributed by atoms with Gasteiger partial charge in [0.15, 0.2) is 18.1 Å². The van der Waals surface area contributed by atoms with E-state index in [1.165, 1.54) is 14.2 Å². The monoisotopic (exact) mass is 316 g/mol. The van der Waals surface area contributed by atoms with Crippen LogP contribution in [0.3, 0.4) is 0 Å². The second kappa shape index (κ2) is 7.54. The molecule has 2 aromatic rings. The topological polar surface area (TPSA) is 54.0 Å². The fraction of sp³-hybridized carbons (Fsp3) is 0.278. The first-order valence-electron chi connectivity index (χ1n) is 7.17. The first-order chi connectivity index (χ1) is 11.1. The van der Waals surface area contributed by atoms with Gasteiger partial charge in [-0.2, -0.15) is 0 Å². The fourth-order valence-corrected chi connectivity index (χ4v) is 2.08. The van der Waals surface area contributed by atoms with Crippen LogP contribution in [0, 0.1) is 13.8 Å². The number of para-hydroxylation sites is 1. The van der Waals surface area contributed by atoms with E-state index in [0.29, 0.717) is 17.2 Å². The van der Waals surface area contributed by atoms with Gasteiger partial charge in [0.2, 0.25) is 5.75 Å². The molecule has 5 nitrogen and oxygen atoms in total. The van der Waals surface area contributed by atoms with Gasteiger partial charge in [-0.3, -0.25) is 0 Å². The maximum Gasteiger partial charge on any atom is 0.349 e. The van der Waals surface area contributed by atoms with Crippen LogP contribution in [0.1, 0.15) is 11.1 Å². The maximum atomic E-state index is 12.1. The zero-order chi connectivity index (χ0) is 16.8. The van der Waals surface area contributed by atoms with Crippen LogP contribution in [0.4, 0.5) is 0 Å². The summed E-state index contributed by atoms with van der Waals surface area (Å²) in [4.78, 5) is 12.1. The van der Waals surface area contributed by atoms with Crippen LogP contribution in [-0.2, 0) is 4.79 Å². The number of methoxy groups -OCH3 is 2. The molecule has 0 N–H and O–H groups in total. The minimum atomic E-state index is -0.534. The van der Waals surface area contributed by atoms with E-state index in [1.807, 2.05) is 32.0 Å². The van der Waals surface area contributed by atoms with Crippen LogP contribution in [0.25, 0.3) is 0 Å². The third kappa shape index (κ3) is 3.94. The summed E-state index contributed by atoms with van der Waals surface area (Å²) in [7, 11) is 3.00. The second-order valence-corrected chi connectivity index (χ2v) is 4.95. The fourth-order valence-electron chi connectivity index (χ4n) is 2.08. The predicted molar refractivity (Wildman–Crippen MR) is 86.6 cm³/mol. The molecule has 5 heteroatoms. The SMILES string of the molecule is COc1cccc(OC)c1OC(=O)COc1cccc(C)c1C. The Labute approximate surface area is 135 Å². The van der Waals surface area contributed by atoms with E-state index in [2.05, 4.69) is 0 Å². The van der Waals surface area contributed by atoms with E-state index in [-0.39, 0.29) is 12.4 Å². The van der Waals surface area contributed by atoms with Crippen LogP contribution in [-0.4, -0.2) is 26.8 Å². The number of benzene rings is 2. The Hall–Kier alpha value is -2.69. The Morgan fingerprint density at radius 3 is 2.09 bits per heavy atom. The van der Waals surface area contributed by atoms with Crippen LogP contribution < -0.4 is 18.9 Å². The van der Waals surface area contributed by atoms with Crippen molar-refractivity contribution in [3.05, 3.63) is 47.5 Å². The molecule has 0 heterocycles. The van der Waals surface area contributed by atoms with Crippen LogP contribution in [0.2, 0.25) is 0 Å². The molecule has 23 heavy (non-hydrogen) atoms. The number of rotatable bonds is 6. The lowest BCUT2D eigenvalue weighted by atomic mass is 10.1. The van der Waals surface area contributed by atoms with E-state index >= 15 is 0 Å². The van der Waals surface area contributed by atoms with E-state index in [4.69, 9.17) is 18.9 Å². The Morgan fingerprint density at radius 2 is 1.48 bits per heavy atom. The van der Waals surface area contributed by atoms with Gasteiger partial charge < -0.3 is 18.9 Å². The molecule has 122 valence electrons. The molecule has 0 amide bonds. The smallest absolute Gasteiger partial charge is 0.349 e. The Bertz CT molecular complexity index is 672. The highest BCUT2D eigenvalue weighted by Gasteiger charge is 2.16. The van der Waals surface area contributed by atoms with Crippen LogP contribution in [0.15, 0.2) is 36.4 Å². The van der Waals surface area contributed by atoms with Gasteiger partial charge in [0.1, 0.15) is 5.75 Å². The molecule has 0 spiro atoms. The number of aryl methyl sites for hydroxylation is 1. The lowest BCUT2D eigenvalue weighted by Crippen LogP contribution is -2.18. The molecular weight excluding hydrogens is 296 g/mol. The van der Waals surface area contributed by atoms with Crippen molar-refractivity contribution in [1.29, 1.82) is 0 Å². The van der Waals surface area contributed by atoms with Gasteiger partial charge in [-0.25, -0.2) is 4.79 Å². The molecule has 0 saturated heterocycles. The number of hydrogen-bond acceptors (Lipinski definition) is 5. The first kappa shape index (κ1) is 16.7. The van der Waals surface area contributed by atoms with E-state index in [0.717, 1.165) is 11.1 Å². The molecule has 0 fully saturated rings. The molecule has 0 unspecified atom stereocenters. The van der Waals surface area contributed by atoms with Crippen molar-refractivity contribution < 1.29 is 23.7 Å². The van der Waals surface area contributed by atoms with Gasteiger partial charge in [0.05, 0.1) is 14.2 Å². The molecule has 0 atom stereocenters. The second-order valence-electron chi connectivity index (χ2n) is 4.95. The van der Waals surface area contributed by atoms with E-state index in [9.17, 15) is 4.79 Å². The summed E-state index contributed by atoms with van der Waals surface area (Å²) in [5, 5.41) is 0. The molecule has 0 aliphatic carbocycles. The molecule has 2 aromatic carbocycles. The highest BCUT2D eigenvalue weighted by molar-refractivity contribution is 5.76. The standard InChI is InChI=1S/C18H20O5/c1-12-7-5-8-14(13(12)2)22-11-17(19)23-18-15(20-3)9-6-10-16(18)21-4/h5-10H,11H2,1-4H3. The Balaban J connectivity index is 2.07. The quantitative estimate of drug-likeness (QED) is 0.604. The highest BCUT2D eigenvalue weighted by atomic mass is 16.6. The number of ether oxygens (including phenoxy) is 4. The first-order valence-corrected chi connectivity index (χ1v) is 7.17. The van der Waals surface area contributed by atoms with E-state index in [1.54, 1.807) is 18.2 Å². The van der Waals surface area contributed by atoms with Crippen molar-refractivity contribution in [1.82, 2.24) is 0 Å². The number of carbonyl (C=O) groups is 1. The third-order valence-corrected chi connectivity index (χ3v) is 3.50. The summed E-state index contributed by atoms with van der Waals surface area (Å²) in [6.07, 6.45) is 0. The number of carbonyl (C=O) groups excluding carboxylic acids is 1. The van der Waals surface area contributed by atoms with Gasteiger partial charge in [-0.05, 0) is 43.2 Å². The predicted octanol–water partition coefficient (Wildman–Crippen LogP) is 3.31. The average molecular weight is 316 g/mol. The Morgan fingerprint density at radius 1 is 0.913 bits per heavy atom. The summed E-state index contributed by atoms with van der Waals surface area (Å²) in [5.74, 6) is 1.21. The molecule has 0 bridgehead atoms. The number of esters is 1. The summed E-state index contributed by atoms with van der Waals surface area (Å²) >= 11 is 0. The molecule has 0 aliphatic rings.